The second-order valence-electron chi connectivity index (χ2n) is 4.06. The van der Waals surface area contributed by atoms with E-state index in [0.29, 0.717) is 0 Å². The third-order valence-electron chi connectivity index (χ3n) is 2.55. The van der Waals surface area contributed by atoms with E-state index in [0.717, 1.165) is 0 Å². The molecule has 10 heteroatoms. The highest BCUT2D eigenvalue weighted by Crippen LogP contribution is 2.14. The molecular formula is C12H10N4O6. The zero-order valence-corrected chi connectivity index (χ0v) is 10.8. The van der Waals surface area contributed by atoms with Crippen molar-refractivity contribution in [3.05, 3.63) is 61.2 Å². The van der Waals surface area contributed by atoms with E-state index >= 15 is 0 Å². The number of aromatic hydroxyl groups is 1. The summed E-state index contributed by atoms with van der Waals surface area (Å²) < 4.78 is 0. The first-order valence-corrected chi connectivity index (χ1v) is 5.84. The van der Waals surface area contributed by atoms with E-state index in [-0.39, 0.29) is 22.5 Å². The van der Waals surface area contributed by atoms with Crippen LogP contribution in [0, 0.1) is 0 Å². The number of nitrogens with one attached hydrogen (secondary N) is 4. The van der Waals surface area contributed by atoms with Crippen LogP contribution >= 0.6 is 0 Å². The van der Waals surface area contributed by atoms with E-state index in [1.165, 1.54) is 12.1 Å². The fourth-order valence-electron chi connectivity index (χ4n) is 1.61. The summed E-state index contributed by atoms with van der Waals surface area (Å²) >= 11 is 0. The molecule has 0 spiro atoms. The lowest BCUT2D eigenvalue weighted by Gasteiger charge is -1.95. The first-order valence-electron chi connectivity index (χ1n) is 5.84. The largest absolute Gasteiger partial charge is 0.507 e. The van der Waals surface area contributed by atoms with Gasteiger partial charge >= 0.3 is 17.3 Å². The number of carboxylic acids is 1. The summed E-state index contributed by atoms with van der Waals surface area (Å²) in [6.45, 7) is 0. The van der Waals surface area contributed by atoms with Gasteiger partial charge in [-0.2, -0.15) is 0 Å². The highest BCUT2D eigenvalue weighted by molar-refractivity contribution is 5.90. The van der Waals surface area contributed by atoms with Gasteiger partial charge in [0.1, 0.15) is 22.5 Å². The number of hydrogen-bond donors (Lipinski definition) is 6. The topological polar surface area (TPSA) is 172 Å². The van der Waals surface area contributed by atoms with Crippen LogP contribution in [0.4, 0.5) is 0 Å². The summed E-state index contributed by atoms with van der Waals surface area (Å²) in [6.07, 6.45) is 0. The Morgan fingerprint density at radius 3 is 2.05 bits per heavy atom. The standard InChI is InChI=1S/C7H6O3.C5H4N4O3/c8-6-4-2-1-3-5(6)7(9)10;10-3-1-2(7-4(11)6-1)8-5(12)9-3/h1-4,8H,(H,9,10);(H4,6,7,8,9,10,11,12). The number of aromatic amines is 4. The Hall–Kier alpha value is -3.56. The molecule has 3 aromatic rings. The maximum atomic E-state index is 10.9. The Bertz CT molecular complexity index is 993. The van der Waals surface area contributed by atoms with Crippen LogP contribution < -0.4 is 16.9 Å². The zero-order chi connectivity index (χ0) is 16.3. The van der Waals surface area contributed by atoms with Crippen LogP contribution in [0.15, 0.2) is 38.6 Å². The fourth-order valence-corrected chi connectivity index (χ4v) is 1.61. The van der Waals surface area contributed by atoms with Gasteiger partial charge < -0.3 is 10.2 Å². The number of aromatic nitrogens is 4. The smallest absolute Gasteiger partial charge is 0.339 e. The Balaban J connectivity index is 0.000000164. The van der Waals surface area contributed by atoms with Gasteiger partial charge in [0.2, 0.25) is 0 Å². The van der Waals surface area contributed by atoms with Gasteiger partial charge in [0.05, 0.1) is 0 Å². The predicted octanol–water partition coefficient (Wildman–Crippen LogP) is -0.677. The number of carbonyl (C=O) groups is 1. The van der Waals surface area contributed by atoms with Gasteiger partial charge in [-0.1, -0.05) is 12.1 Å². The second-order valence-corrected chi connectivity index (χ2v) is 4.06. The number of fused-ring (bicyclic) bond motifs is 1. The second kappa shape index (κ2) is 5.83. The first kappa shape index (κ1) is 14.8. The quantitative estimate of drug-likeness (QED) is 0.347. The fraction of sp³-hybridized carbons (Fsp3) is 0. The third-order valence-corrected chi connectivity index (χ3v) is 2.55. The number of H-pyrrole nitrogens is 4. The van der Waals surface area contributed by atoms with Crippen molar-refractivity contribution in [2.75, 3.05) is 0 Å². The number of benzene rings is 1. The SMILES string of the molecule is O=C(O)c1ccccc1O.O=c1[nH]c(=O)c2[nH]c(=O)[nH]c2[nH]1. The van der Waals surface area contributed by atoms with Crippen molar-refractivity contribution in [2.45, 2.75) is 0 Å². The summed E-state index contributed by atoms with van der Waals surface area (Å²) in [4.78, 5) is 51.2. The summed E-state index contributed by atoms with van der Waals surface area (Å²) in [5.74, 6) is -1.31. The van der Waals surface area contributed by atoms with Gasteiger partial charge in [-0.3, -0.25) is 24.7 Å². The molecule has 0 amide bonds. The van der Waals surface area contributed by atoms with Crippen LogP contribution in [0.5, 0.6) is 5.75 Å². The van der Waals surface area contributed by atoms with Crippen LogP contribution in [0.1, 0.15) is 10.4 Å². The molecule has 0 saturated heterocycles. The summed E-state index contributed by atoms with van der Waals surface area (Å²) in [6, 6.07) is 5.81. The molecule has 0 aliphatic rings. The molecule has 114 valence electrons. The van der Waals surface area contributed by atoms with Gasteiger partial charge in [-0.05, 0) is 12.1 Å². The lowest BCUT2D eigenvalue weighted by atomic mass is 10.2. The third kappa shape index (κ3) is 3.12. The number of para-hydroxylation sites is 1. The van der Waals surface area contributed by atoms with Crippen molar-refractivity contribution < 1.29 is 15.0 Å². The molecule has 0 atom stereocenters. The number of carboxylic acid groups (broad SMARTS) is 1. The van der Waals surface area contributed by atoms with Crippen LogP contribution in [0.25, 0.3) is 11.2 Å². The monoisotopic (exact) mass is 306 g/mol. The van der Waals surface area contributed by atoms with Crippen molar-refractivity contribution in [1.29, 1.82) is 0 Å². The van der Waals surface area contributed by atoms with Gasteiger partial charge in [0, 0.05) is 0 Å². The van der Waals surface area contributed by atoms with Gasteiger partial charge in [-0.25, -0.2) is 14.4 Å². The lowest BCUT2D eigenvalue weighted by molar-refractivity contribution is 0.0693. The molecule has 2 aromatic heterocycles. The van der Waals surface area contributed by atoms with E-state index in [1.807, 2.05) is 4.98 Å². The highest BCUT2D eigenvalue weighted by Gasteiger charge is 2.05. The highest BCUT2D eigenvalue weighted by atomic mass is 16.4. The maximum absolute atomic E-state index is 10.9. The number of imidazole rings is 1. The molecule has 1 aromatic carbocycles. The zero-order valence-electron chi connectivity index (χ0n) is 10.8. The van der Waals surface area contributed by atoms with Crippen molar-refractivity contribution in [3.63, 3.8) is 0 Å². The summed E-state index contributed by atoms with van der Waals surface area (Å²) in [7, 11) is 0. The molecular weight excluding hydrogens is 296 g/mol. The Morgan fingerprint density at radius 1 is 0.909 bits per heavy atom. The van der Waals surface area contributed by atoms with Crippen molar-refractivity contribution in [1.82, 2.24) is 19.9 Å². The van der Waals surface area contributed by atoms with Crippen molar-refractivity contribution >= 4 is 17.1 Å². The predicted molar refractivity (Wildman–Crippen MR) is 75.2 cm³/mol. The number of aromatic carboxylic acids is 1. The molecule has 0 radical (unpaired) electrons. The Labute approximate surface area is 120 Å². The molecule has 0 aliphatic heterocycles. The van der Waals surface area contributed by atoms with E-state index < -0.39 is 22.9 Å². The molecule has 0 unspecified atom stereocenters. The molecule has 3 rings (SSSR count). The van der Waals surface area contributed by atoms with Crippen LogP contribution in [0.2, 0.25) is 0 Å². The van der Waals surface area contributed by atoms with Gasteiger partial charge in [0.15, 0.2) is 0 Å². The van der Waals surface area contributed by atoms with Crippen molar-refractivity contribution in [3.8, 4) is 5.75 Å². The molecule has 0 saturated carbocycles. The summed E-state index contributed by atoms with van der Waals surface area (Å²) in [5, 5.41) is 17.3. The number of hydrogen-bond acceptors (Lipinski definition) is 5. The Morgan fingerprint density at radius 2 is 1.50 bits per heavy atom. The van der Waals surface area contributed by atoms with E-state index in [1.54, 1.807) is 12.1 Å². The van der Waals surface area contributed by atoms with Crippen LogP contribution in [0.3, 0.4) is 0 Å². The van der Waals surface area contributed by atoms with Crippen molar-refractivity contribution in [2.24, 2.45) is 0 Å². The van der Waals surface area contributed by atoms with Crippen LogP contribution in [-0.4, -0.2) is 36.1 Å². The average molecular weight is 306 g/mol. The van der Waals surface area contributed by atoms with Gasteiger partial charge in [0.25, 0.3) is 5.56 Å². The number of phenols is 1. The molecule has 0 bridgehead atoms. The molecule has 0 fully saturated rings. The molecule has 10 nitrogen and oxygen atoms in total. The van der Waals surface area contributed by atoms with Crippen LogP contribution in [-0.2, 0) is 0 Å². The Kier molecular flexibility index (Phi) is 3.93. The molecule has 2 heterocycles. The molecule has 22 heavy (non-hydrogen) atoms. The minimum atomic E-state index is -1.11. The maximum Gasteiger partial charge on any atom is 0.339 e. The molecule has 0 aliphatic carbocycles. The lowest BCUT2D eigenvalue weighted by Crippen LogP contribution is -2.21. The first-order chi connectivity index (χ1) is 10.4. The average Bonchev–Trinajstić information content (AvgIpc) is 2.80. The van der Waals surface area contributed by atoms with E-state index in [2.05, 4.69) is 15.0 Å². The normalized spacial score (nSPS) is 10.0. The molecule has 6 N–H and O–H groups in total. The number of rotatable bonds is 1. The van der Waals surface area contributed by atoms with E-state index in [4.69, 9.17) is 10.2 Å². The minimum absolute atomic E-state index is 0.0413. The van der Waals surface area contributed by atoms with Gasteiger partial charge in [-0.15, -0.1) is 0 Å². The minimum Gasteiger partial charge on any atom is -0.507 e. The van der Waals surface area contributed by atoms with E-state index in [9.17, 15) is 19.2 Å². The summed E-state index contributed by atoms with van der Waals surface area (Å²) in [5.41, 5.74) is -1.72.